The van der Waals surface area contributed by atoms with Crippen molar-refractivity contribution in [2.45, 2.75) is 57.5 Å². The zero-order valence-electron chi connectivity index (χ0n) is 23.2. The zero-order chi connectivity index (χ0) is 30.3. The number of sulfonamides is 1. The molecule has 0 radical (unpaired) electrons. The molecule has 3 N–H and O–H groups in total. The number of benzene rings is 2. The van der Waals surface area contributed by atoms with Crippen LogP contribution in [0.4, 0.5) is 8.78 Å². The number of hydrogen-bond donors (Lipinski definition) is 3. The monoisotopic (exact) mass is 609 g/mol. The lowest BCUT2D eigenvalue weighted by atomic mass is 9.89. The molecule has 2 aromatic rings. The predicted molar refractivity (Wildman–Crippen MR) is 147 cm³/mol. The number of ether oxygens (including phenoxy) is 3. The largest absolute Gasteiger partial charge is 0.586 e. The van der Waals surface area contributed by atoms with Crippen LogP contribution in [0.3, 0.4) is 0 Å². The lowest BCUT2D eigenvalue weighted by Crippen LogP contribution is -2.50. The molecule has 1 atom stereocenters. The van der Waals surface area contributed by atoms with E-state index in [0.29, 0.717) is 24.2 Å². The molecule has 3 aliphatic heterocycles. The van der Waals surface area contributed by atoms with Crippen molar-refractivity contribution in [2.75, 3.05) is 32.1 Å². The highest BCUT2D eigenvalue weighted by Gasteiger charge is 2.48. The maximum Gasteiger partial charge on any atom is 0.586 e. The lowest BCUT2D eigenvalue weighted by molar-refractivity contribution is -0.286. The number of halogens is 2. The van der Waals surface area contributed by atoms with E-state index in [1.54, 1.807) is 0 Å². The number of amidine groups is 1. The van der Waals surface area contributed by atoms with Gasteiger partial charge in [-0.3, -0.25) is 9.79 Å². The number of alkyl halides is 2. The molecule has 5 rings (SSSR count). The number of nitrogens with zero attached hydrogens (tertiary/aromatic N) is 2. The first kappa shape index (κ1) is 30.1. The minimum atomic E-state index is -3.76. The number of aliphatic imine (C=N–C) groups is 1. The molecule has 0 bridgehead atoms. The molecule has 3 heterocycles. The van der Waals surface area contributed by atoms with Crippen molar-refractivity contribution in [3.05, 3.63) is 52.6 Å². The molecule has 1 amide bonds. The van der Waals surface area contributed by atoms with Gasteiger partial charge >= 0.3 is 6.29 Å². The van der Waals surface area contributed by atoms with Crippen LogP contribution in [-0.2, 0) is 21.2 Å². The van der Waals surface area contributed by atoms with Crippen molar-refractivity contribution in [1.82, 2.24) is 9.62 Å². The molecule has 0 aromatic heterocycles. The number of nitrogens with one attached hydrogen (secondary N) is 1. The van der Waals surface area contributed by atoms with Gasteiger partial charge in [0.25, 0.3) is 5.91 Å². The van der Waals surface area contributed by atoms with Crippen molar-refractivity contribution in [2.24, 2.45) is 4.99 Å². The Labute approximate surface area is 242 Å². The van der Waals surface area contributed by atoms with E-state index in [1.807, 2.05) is 26.0 Å². The Morgan fingerprint density at radius 1 is 1.12 bits per heavy atom. The van der Waals surface area contributed by atoms with Crippen LogP contribution >= 0.6 is 0 Å². The number of amides is 1. The Kier molecular flexibility index (Phi) is 8.18. The average Bonchev–Trinajstić information content (AvgIpc) is 3.41. The second-order valence-corrected chi connectivity index (χ2v) is 12.8. The highest BCUT2D eigenvalue weighted by Crippen LogP contribution is 2.42. The van der Waals surface area contributed by atoms with Crippen molar-refractivity contribution in [1.29, 1.82) is 0 Å². The van der Waals surface area contributed by atoms with Gasteiger partial charge in [0.1, 0.15) is 17.1 Å². The van der Waals surface area contributed by atoms with Crippen LogP contribution in [0.5, 0.6) is 17.2 Å². The molecule has 42 heavy (non-hydrogen) atoms. The predicted octanol–water partition coefficient (Wildman–Crippen LogP) is 2.03. The van der Waals surface area contributed by atoms with E-state index >= 15 is 0 Å². The SMILES string of the molecule is Cc1cc(OCCC(O)CO)cc(C)c1CCS(=O)(=O)N1CCC2(CC1)N=C(c1ccc3c(c1)OC(F)(F)O3)NC2=O. The number of aliphatic hydroxyl groups is 2. The van der Waals surface area contributed by atoms with E-state index < -0.39 is 28.0 Å². The Balaban J connectivity index is 1.20. The van der Waals surface area contributed by atoms with Gasteiger partial charge in [-0.1, -0.05) is 0 Å². The van der Waals surface area contributed by atoms with Gasteiger partial charge in [0.05, 0.1) is 25.1 Å². The van der Waals surface area contributed by atoms with Gasteiger partial charge in [0.2, 0.25) is 10.0 Å². The van der Waals surface area contributed by atoms with Gasteiger partial charge < -0.3 is 29.7 Å². The highest BCUT2D eigenvalue weighted by molar-refractivity contribution is 7.89. The number of aliphatic hydroxyl groups excluding tert-OH is 2. The standard InChI is InChI=1S/C28H33F2N3O8S/c1-17-13-21(39-11-5-20(35)16-34)14-18(2)22(17)6-12-42(37,38)33-9-7-27(8-10-33)26(36)31-25(32-27)19-3-4-23-24(15-19)41-28(29,30)40-23/h3-4,13-15,20,34-35H,5-12,16H2,1-2H3,(H,31,32,36). The first-order chi connectivity index (χ1) is 19.8. The summed E-state index contributed by atoms with van der Waals surface area (Å²) in [6.45, 7) is 3.91. The third-order valence-electron chi connectivity index (χ3n) is 7.81. The van der Waals surface area contributed by atoms with E-state index in [2.05, 4.69) is 19.8 Å². The fourth-order valence-corrected chi connectivity index (χ4v) is 6.88. The van der Waals surface area contributed by atoms with E-state index in [1.165, 1.54) is 22.5 Å². The Morgan fingerprint density at radius 2 is 1.79 bits per heavy atom. The van der Waals surface area contributed by atoms with Crippen LogP contribution in [0.2, 0.25) is 0 Å². The van der Waals surface area contributed by atoms with Crippen LogP contribution in [0.1, 0.15) is 41.5 Å². The summed E-state index contributed by atoms with van der Waals surface area (Å²) in [4.78, 5) is 17.5. The molecular weight excluding hydrogens is 576 g/mol. The third-order valence-corrected chi connectivity index (χ3v) is 9.68. The summed E-state index contributed by atoms with van der Waals surface area (Å²) < 4.78 is 69.2. The molecule has 2 aromatic carbocycles. The van der Waals surface area contributed by atoms with Gasteiger partial charge in [0.15, 0.2) is 11.5 Å². The van der Waals surface area contributed by atoms with Crippen LogP contribution in [0.25, 0.3) is 0 Å². The smallest absolute Gasteiger partial charge is 0.493 e. The van der Waals surface area contributed by atoms with Gasteiger partial charge in [0, 0.05) is 25.1 Å². The van der Waals surface area contributed by atoms with Crippen molar-refractivity contribution in [3.63, 3.8) is 0 Å². The lowest BCUT2D eigenvalue weighted by Gasteiger charge is -2.34. The molecule has 1 spiro atoms. The number of carbonyl (C=O) groups excluding carboxylic acids is 1. The number of rotatable bonds is 10. The van der Waals surface area contributed by atoms with Crippen LogP contribution in [-0.4, -0.2) is 84.7 Å². The maximum atomic E-state index is 13.4. The number of piperidine rings is 1. The van der Waals surface area contributed by atoms with Gasteiger partial charge in [-0.15, -0.1) is 8.78 Å². The molecule has 3 aliphatic rings. The molecular formula is C28H33F2N3O8S. The summed E-state index contributed by atoms with van der Waals surface area (Å²) >= 11 is 0. The average molecular weight is 610 g/mol. The summed E-state index contributed by atoms with van der Waals surface area (Å²) in [6, 6.07) is 7.77. The van der Waals surface area contributed by atoms with Crippen LogP contribution in [0.15, 0.2) is 35.3 Å². The van der Waals surface area contributed by atoms with Crippen LogP contribution in [0, 0.1) is 13.8 Å². The zero-order valence-corrected chi connectivity index (χ0v) is 24.0. The second kappa shape index (κ2) is 11.4. The summed E-state index contributed by atoms with van der Waals surface area (Å²) in [5.74, 6) is 0.0652. The number of aryl methyl sites for hydroxylation is 2. The summed E-state index contributed by atoms with van der Waals surface area (Å²) in [6.07, 6.45) is -3.65. The number of carbonyl (C=O) groups is 1. The molecule has 1 unspecified atom stereocenters. The maximum absolute atomic E-state index is 13.4. The summed E-state index contributed by atoms with van der Waals surface area (Å²) in [5.41, 5.74) is 1.91. The normalized spacial score (nSPS) is 20.0. The summed E-state index contributed by atoms with van der Waals surface area (Å²) in [7, 11) is -3.63. The molecule has 11 nitrogen and oxygen atoms in total. The fourth-order valence-electron chi connectivity index (χ4n) is 5.42. The molecule has 0 aliphatic carbocycles. The Hall–Kier alpha value is -3.33. The highest BCUT2D eigenvalue weighted by atomic mass is 32.2. The van der Waals surface area contributed by atoms with E-state index in [0.717, 1.165) is 16.7 Å². The van der Waals surface area contributed by atoms with Gasteiger partial charge in [-0.25, -0.2) is 12.7 Å². The minimum absolute atomic E-state index is 0.104. The van der Waals surface area contributed by atoms with Gasteiger partial charge in [-0.2, -0.15) is 0 Å². The quantitative estimate of drug-likeness (QED) is 0.371. The number of hydrogen-bond acceptors (Lipinski definition) is 9. The van der Waals surface area contributed by atoms with E-state index in [-0.39, 0.29) is 68.1 Å². The fraction of sp³-hybridized carbons (Fsp3) is 0.500. The molecule has 14 heteroatoms. The molecule has 1 saturated heterocycles. The van der Waals surface area contributed by atoms with Crippen LogP contribution < -0.4 is 19.5 Å². The Morgan fingerprint density at radius 3 is 2.45 bits per heavy atom. The summed E-state index contributed by atoms with van der Waals surface area (Å²) in [5, 5.41) is 21.1. The molecule has 0 saturated carbocycles. The molecule has 1 fully saturated rings. The minimum Gasteiger partial charge on any atom is -0.493 e. The first-order valence-electron chi connectivity index (χ1n) is 13.6. The van der Waals surface area contributed by atoms with Gasteiger partial charge in [-0.05, 0) is 80.1 Å². The van der Waals surface area contributed by atoms with E-state index in [9.17, 15) is 27.1 Å². The molecule has 228 valence electrons. The second-order valence-electron chi connectivity index (χ2n) is 10.7. The van der Waals surface area contributed by atoms with Crippen molar-refractivity contribution < 1.29 is 46.4 Å². The Bertz CT molecular complexity index is 1480. The topological polar surface area (TPSA) is 147 Å². The van der Waals surface area contributed by atoms with Crippen molar-refractivity contribution in [3.8, 4) is 17.2 Å². The first-order valence-corrected chi connectivity index (χ1v) is 15.2. The third kappa shape index (κ3) is 6.21. The van der Waals surface area contributed by atoms with Crippen molar-refractivity contribution >= 4 is 21.8 Å². The van der Waals surface area contributed by atoms with E-state index in [4.69, 9.17) is 9.84 Å². The number of fused-ring (bicyclic) bond motifs is 1.